The lowest BCUT2D eigenvalue weighted by Crippen LogP contribution is -2.51. The zero-order valence-electron chi connectivity index (χ0n) is 14.1. The van der Waals surface area contributed by atoms with E-state index in [2.05, 4.69) is 27.0 Å². The fourth-order valence-electron chi connectivity index (χ4n) is 3.72. The number of hydrogen-bond donors (Lipinski definition) is 1. The van der Waals surface area contributed by atoms with Crippen molar-refractivity contribution in [3.8, 4) is 0 Å². The molecule has 2 aliphatic heterocycles. The first kappa shape index (κ1) is 16.2. The number of likely N-dealkylation sites (N-methyl/N-ethyl adjacent to an activating group) is 1. The Kier molecular flexibility index (Phi) is 5.49. The van der Waals surface area contributed by atoms with Crippen LogP contribution in [0.4, 0.5) is 5.82 Å². The van der Waals surface area contributed by atoms with Crippen molar-refractivity contribution in [2.24, 2.45) is 5.92 Å². The van der Waals surface area contributed by atoms with Crippen LogP contribution in [0.5, 0.6) is 0 Å². The molecule has 1 amide bonds. The van der Waals surface area contributed by atoms with Gasteiger partial charge in [0.25, 0.3) is 0 Å². The van der Waals surface area contributed by atoms with E-state index in [9.17, 15) is 4.79 Å². The Morgan fingerprint density at radius 1 is 1.26 bits per heavy atom. The van der Waals surface area contributed by atoms with Gasteiger partial charge in [-0.1, -0.05) is 13.0 Å². The van der Waals surface area contributed by atoms with Crippen LogP contribution in [-0.4, -0.2) is 54.6 Å². The molecule has 5 nitrogen and oxygen atoms in total. The number of nitrogens with one attached hydrogen (secondary N) is 1. The molecule has 2 atom stereocenters. The summed E-state index contributed by atoms with van der Waals surface area (Å²) in [6.07, 6.45) is 6.16. The van der Waals surface area contributed by atoms with Gasteiger partial charge in [0.15, 0.2) is 0 Å². The maximum atomic E-state index is 12.7. The van der Waals surface area contributed by atoms with Gasteiger partial charge in [0, 0.05) is 31.9 Å². The smallest absolute Gasteiger partial charge is 0.225 e. The van der Waals surface area contributed by atoms with Crippen molar-refractivity contribution in [1.29, 1.82) is 0 Å². The zero-order valence-corrected chi connectivity index (χ0v) is 14.1. The first-order valence-electron chi connectivity index (χ1n) is 8.95. The molecule has 0 unspecified atom stereocenters. The second-order valence-corrected chi connectivity index (χ2v) is 6.71. The molecule has 2 fully saturated rings. The molecule has 1 aromatic heterocycles. The monoisotopic (exact) mass is 316 g/mol. The van der Waals surface area contributed by atoms with Gasteiger partial charge in [-0.05, 0) is 50.9 Å². The summed E-state index contributed by atoms with van der Waals surface area (Å²) in [5.74, 6) is 1.30. The van der Waals surface area contributed by atoms with Crippen LogP contribution in [0.3, 0.4) is 0 Å². The lowest BCUT2D eigenvalue weighted by atomic mass is 9.96. The van der Waals surface area contributed by atoms with Crippen LogP contribution < -0.4 is 10.2 Å². The lowest BCUT2D eigenvalue weighted by molar-refractivity contribution is -0.126. The normalized spacial score (nSPS) is 26.0. The van der Waals surface area contributed by atoms with Crippen LogP contribution in [0.25, 0.3) is 0 Å². The van der Waals surface area contributed by atoms with Crippen LogP contribution in [0, 0.1) is 5.92 Å². The Hall–Kier alpha value is -1.62. The molecule has 0 radical (unpaired) electrons. The predicted molar refractivity (Wildman–Crippen MR) is 92.5 cm³/mol. The molecule has 0 bridgehead atoms. The molecule has 3 rings (SSSR count). The minimum Gasteiger partial charge on any atom is -0.356 e. The van der Waals surface area contributed by atoms with Crippen molar-refractivity contribution in [2.45, 2.75) is 38.6 Å². The average molecular weight is 316 g/mol. The molecule has 126 valence electrons. The highest BCUT2D eigenvalue weighted by Crippen LogP contribution is 2.22. The number of anilines is 1. The van der Waals surface area contributed by atoms with Crippen LogP contribution in [0.1, 0.15) is 32.6 Å². The van der Waals surface area contributed by atoms with Gasteiger partial charge in [0.1, 0.15) is 5.82 Å². The van der Waals surface area contributed by atoms with E-state index in [0.717, 1.165) is 51.3 Å². The largest absolute Gasteiger partial charge is 0.356 e. The van der Waals surface area contributed by atoms with Crippen LogP contribution >= 0.6 is 0 Å². The third-order valence-corrected chi connectivity index (χ3v) is 5.06. The minimum atomic E-state index is 0.0859. The number of nitrogens with zero attached hydrogens (tertiary/aromatic N) is 3. The summed E-state index contributed by atoms with van der Waals surface area (Å²) in [6, 6.07) is 6.29. The Morgan fingerprint density at radius 3 is 2.91 bits per heavy atom. The van der Waals surface area contributed by atoms with Gasteiger partial charge >= 0.3 is 0 Å². The van der Waals surface area contributed by atoms with Crippen LogP contribution in [0.2, 0.25) is 0 Å². The van der Waals surface area contributed by atoms with Crippen molar-refractivity contribution in [3.63, 3.8) is 0 Å². The molecule has 1 aromatic rings. The SMILES string of the molecule is CCN1CCC[C@@H](NC(=O)[C@@H]2CCCN(c3ccccn3)C2)C1. The molecule has 0 aromatic carbocycles. The minimum absolute atomic E-state index is 0.0859. The van der Waals surface area contributed by atoms with Crippen molar-refractivity contribution in [3.05, 3.63) is 24.4 Å². The average Bonchev–Trinajstić information content (AvgIpc) is 2.63. The highest BCUT2D eigenvalue weighted by Gasteiger charge is 2.29. The molecule has 23 heavy (non-hydrogen) atoms. The summed E-state index contributed by atoms with van der Waals surface area (Å²) in [5.41, 5.74) is 0. The topological polar surface area (TPSA) is 48.5 Å². The Labute approximate surface area is 139 Å². The third-order valence-electron chi connectivity index (χ3n) is 5.06. The summed E-state index contributed by atoms with van der Waals surface area (Å²) in [7, 11) is 0. The van der Waals surface area contributed by atoms with Gasteiger partial charge in [0.2, 0.25) is 5.91 Å². The van der Waals surface area contributed by atoms with Crippen LogP contribution in [-0.2, 0) is 4.79 Å². The van der Waals surface area contributed by atoms with Crippen LogP contribution in [0.15, 0.2) is 24.4 Å². The molecule has 0 aliphatic carbocycles. The number of piperidine rings is 2. The fourth-order valence-corrected chi connectivity index (χ4v) is 3.72. The fraction of sp³-hybridized carbons (Fsp3) is 0.667. The molecule has 2 saturated heterocycles. The van der Waals surface area contributed by atoms with Gasteiger partial charge in [-0.3, -0.25) is 4.79 Å². The van der Waals surface area contributed by atoms with E-state index in [0.29, 0.717) is 6.04 Å². The molecule has 0 saturated carbocycles. The molecule has 3 heterocycles. The standard InChI is InChI=1S/C18H28N4O/c1-2-21-11-6-8-16(14-21)20-18(23)15-7-5-12-22(13-15)17-9-3-4-10-19-17/h3-4,9-10,15-16H,2,5-8,11-14H2,1H3,(H,20,23)/t15-,16-/m1/s1. The number of hydrogen-bond acceptors (Lipinski definition) is 4. The van der Waals surface area contributed by atoms with E-state index in [1.165, 1.54) is 13.0 Å². The van der Waals surface area contributed by atoms with E-state index in [4.69, 9.17) is 0 Å². The second-order valence-electron chi connectivity index (χ2n) is 6.71. The summed E-state index contributed by atoms with van der Waals surface area (Å²) in [4.78, 5) is 21.8. The predicted octanol–water partition coefficient (Wildman–Crippen LogP) is 1.90. The van der Waals surface area contributed by atoms with Gasteiger partial charge in [0.05, 0.1) is 5.92 Å². The maximum absolute atomic E-state index is 12.7. The summed E-state index contributed by atoms with van der Waals surface area (Å²) in [5, 5.41) is 3.30. The molecule has 1 N–H and O–H groups in total. The molecule has 5 heteroatoms. The number of rotatable bonds is 4. The van der Waals surface area contributed by atoms with Crippen molar-refractivity contribution >= 4 is 11.7 Å². The highest BCUT2D eigenvalue weighted by molar-refractivity contribution is 5.79. The third kappa shape index (κ3) is 4.22. The van der Waals surface area contributed by atoms with Crippen molar-refractivity contribution < 1.29 is 4.79 Å². The molecule has 0 spiro atoms. The van der Waals surface area contributed by atoms with Gasteiger partial charge < -0.3 is 15.1 Å². The van der Waals surface area contributed by atoms with Gasteiger partial charge in [-0.25, -0.2) is 4.98 Å². The van der Waals surface area contributed by atoms with Gasteiger partial charge in [-0.2, -0.15) is 0 Å². The number of aromatic nitrogens is 1. The van der Waals surface area contributed by atoms with E-state index in [1.807, 2.05) is 24.4 Å². The summed E-state index contributed by atoms with van der Waals surface area (Å²) < 4.78 is 0. The highest BCUT2D eigenvalue weighted by atomic mass is 16.2. The van der Waals surface area contributed by atoms with Gasteiger partial charge in [-0.15, -0.1) is 0 Å². The zero-order chi connectivity index (χ0) is 16.1. The second kappa shape index (κ2) is 7.77. The molecular weight excluding hydrogens is 288 g/mol. The number of likely N-dealkylation sites (tertiary alicyclic amines) is 1. The van der Waals surface area contributed by atoms with Crippen molar-refractivity contribution in [2.75, 3.05) is 37.6 Å². The summed E-state index contributed by atoms with van der Waals surface area (Å²) in [6.45, 7) is 7.21. The molecule has 2 aliphatic rings. The van der Waals surface area contributed by atoms with E-state index >= 15 is 0 Å². The number of carbonyl (C=O) groups excluding carboxylic acids is 1. The Balaban J connectivity index is 1.55. The number of pyridine rings is 1. The molecular formula is C18H28N4O. The first-order chi connectivity index (χ1) is 11.3. The Morgan fingerprint density at radius 2 is 2.13 bits per heavy atom. The first-order valence-corrected chi connectivity index (χ1v) is 8.95. The Bertz CT molecular complexity index is 507. The summed E-state index contributed by atoms with van der Waals surface area (Å²) >= 11 is 0. The number of carbonyl (C=O) groups is 1. The van der Waals surface area contributed by atoms with E-state index < -0.39 is 0 Å². The van der Waals surface area contributed by atoms with E-state index in [1.54, 1.807) is 0 Å². The lowest BCUT2D eigenvalue weighted by Gasteiger charge is -2.36. The quantitative estimate of drug-likeness (QED) is 0.922. The van der Waals surface area contributed by atoms with E-state index in [-0.39, 0.29) is 11.8 Å². The van der Waals surface area contributed by atoms with Crippen molar-refractivity contribution in [1.82, 2.24) is 15.2 Å². The number of amides is 1. The maximum Gasteiger partial charge on any atom is 0.225 e.